The van der Waals surface area contributed by atoms with E-state index >= 15 is 0 Å². The molecule has 0 bridgehead atoms. The van der Waals surface area contributed by atoms with E-state index in [1.165, 1.54) is 0 Å². The number of anilines is 1. The summed E-state index contributed by atoms with van der Waals surface area (Å²) in [6, 6.07) is 8.01. The Morgan fingerprint density at radius 1 is 1.29 bits per heavy atom. The molecule has 0 saturated carbocycles. The van der Waals surface area contributed by atoms with Crippen molar-refractivity contribution in [3.05, 3.63) is 24.3 Å². The number of benzene rings is 1. The van der Waals surface area contributed by atoms with E-state index in [2.05, 4.69) is 10.6 Å². The van der Waals surface area contributed by atoms with Gasteiger partial charge < -0.3 is 15.4 Å². The molecule has 78 valence electrons. The maximum atomic E-state index is 5.40. The van der Waals surface area contributed by atoms with Gasteiger partial charge in [-0.25, -0.2) is 0 Å². The van der Waals surface area contributed by atoms with Crippen LogP contribution in [0.3, 0.4) is 0 Å². The first-order valence-corrected chi connectivity index (χ1v) is 4.98. The molecule has 0 aliphatic carbocycles. The molecule has 1 aromatic rings. The molecule has 0 spiro atoms. The standard InChI is InChI=1S/C11H18N2O/c1-3-14-11-6-4-5-10(9-11)13-8-7-12-2/h4-6,9,12-13H,3,7-8H2,1-2H3. The summed E-state index contributed by atoms with van der Waals surface area (Å²) >= 11 is 0. The van der Waals surface area contributed by atoms with E-state index in [1.54, 1.807) is 0 Å². The Balaban J connectivity index is 2.46. The second kappa shape index (κ2) is 6.27. The number of hydrogen-bond donors (Lipinski definition) is 2. The van der Waals surface area contributed by atoms with E-state index in [0.717, 1.165) is 24.5 Å². The van der Waals surface area contributed by atoms with Crippen molar-refractivity contribution in [2.24, 2.45) is 0 Å². The van der Waals surface area contributed by atoms with Crippen LogP contribution >= 0.6 is 0 Å². The molecule has 0 aliphatic rings. The van der Waals surface area contributed by atoms with Gasteiger partial charge in [0.25, 0.3) is 0 Å². The van der Waals surface area contributed by atoms with Gasteiger partial charge in [-0.1, -0.05) is 6.07 Å². The second-order valence-corrected chi connectivity index (χ2v) is 2.99. The molecule has 0 aromatic heterocycles. The normalized spacial score (nSPS) is 9.86. The van der Waals surface area contributed by atoms with E-state index in [4.69, 9.17) is 4.74 Å². The first-order chi connectivity index (χ1) is 6.86. The Hall–Kier alpha value is -1.22. The van der Waals surface area contributed by atoms with Crippen molar-refractivity contribution in [1.82, 2.24) is 5.32 Å². The zero-order chi connectivity index (χ0) is 10.2. The van der Waals surface area contributed by atoms with Crippen molar-refractivity contribution in [1.29, 1.82) is 0 Å². The molecule has 0 aliphatic heterocycles. The molecule has 0 saturated heterocycles. The van der Waals surface area contributed by atoms with Gasteiger partial charge >= 0.3 is 0 Å². The Morgan fingerprint density at radius 3 is 2.86 bits per heavy atom. The number of likely N-dealkylation sites (N-methyl/N-ethyl adjacent to an activating group) is 1. The minimum absolute atomic E-state index is 0.708. The summed E-state index contributed by atoms with van der Waals surface area (Å²) in [5.74, 6) is 0.918. The van der Waals surface area contributed by atoms with Crippen molar-refractivity contribution >= 4 is 5.69 Å². The molecule has 14 heavy (non-hydrogen) atoms. The molecule has 1 aromatic carbocycles. The lowest BCUT2D eigenvalue weighted by Gasteiger charge is -2.08. The van der Waals surface area contributed by atoms with Gasteiger partial charge in [0.05, 0.1) is 6.61 Å². The summed E-state index contributed by atoms with van der Waals surface area (Å²) in [6.45, 7) is 4.58. The zero-order valence-corrected chi connectivity index (χ0v) is 8.84. The number of rotatable bonds is 6. The highest BCUT2D eigenvalue weighted by Gasteiger charge is 1.94. The van der Waals surface area contributed by atoms with Crippen LogP contribution in [0.5, 0.6) is 5.75 Å². The van der Waals surface area contributed by atoms with Crippen LogP contribution in [0.2, 0.25) is 0 Å². The molecule has 0 unspecified atom stereocenters. The molecule has 0 radical (unpaired) electrons. The van der Waals surface area contributed by atoms with E-state index in [-0.39, 0.29) is 0 Å². The molecular weight excluding hydrogens is 176 g/mol. The molecular formula is C11H18N2O. The molecule has 2 N–H and O–H groups in total. The third kappa shape index (κ3) is 3.66. The van der Waals surface area contributed by atoms with Crippen molar-refractivity contribution in [2.45, 2.75) is 6.92 Å². The zero-order valence-electron chi connectivity index (χ0n) is 8.84. The van der Waals surface area contributed by atoms with Gasteiger partial charge in [0.1, 0.15) is 5.75 Å². The monoisotopic (exact) mass is 194 g/mol. The highest BCUT2D eigenvalue weighted by atomic mass is 16.5. The van der Waals surface area contributed by atoms with Gasteiger partial charge in [0, 0.05) is 24.8 Å². The Morgan fingerprint density at radius 2 is 2.14 bits per heavy atom. The van der Waals surface area contributed by atoms with Gasteiger partial charge in [-0.3, -0.25) is 0 Å². The lowest BCUT2D eigenvalue weighted by atomic mass is 10.3. The van der Waals surface area contributed by atoms with Crippen molar-refractivity contribution in [3.8, 4) is 5.75 Å². The fourth-order valence-electron chi connectivity index (χ4n) is 1.19. The predicted molar refractivity (Wildman–Crippen MR) is 60.0 cm³/mol. The lowest BCUT2D eigenvalue weighted by Crippen LogP contribution is -2.17. The van der Waals surface area contributed by atoms with Gasteiger partial charge in [0.15, 0.2) is 0 Å². The fourth-order valence-corrected chi connectivity index (χ4v) is 1.19. The summed E-state index contributed by atoms with van der Waals surface area (Å²) < 4.78 is 5.40. The lowest BCUT2D eigenvalue weighted by molar-refractivity contribution is 0.340. The van der Waals surface area contributed by atoms with Gasteiger partial charge in [-0.2, -0.15) is 0 Å². The van der Waals surface area contributed by atoms with Gasteiger partial charge in [0.2, 0.25) is 0 Å². The molecule has 0 fully saturated rings. The van der Waals surface area contributed by atoms with E-state index in [1.807, 2.05) is 38.2 Å². The average Bonchev–Trinajstić information content (AvgIpc) is 2.19. The summed E-state index contributed by atoms with van der Waals surface area (Å²) in [7, 11) is 1.94. The van der Waals surface area contributed by atoms with Crippen molar-refractivity contribution in [3.63, 3.8) is 0 Å². The highest BCUT2D eigenvalue weighted by Crippen LogP contribution is 2.16. The third-order valence-corrected chi connectivity index (χ3v) is 1.85. The molecule has 0 atom stereocenters. The fraction of sp³-hybridized carbons (Fsp3) is 0.455. The third-order valence-electron chi connectivity index (χ3n) is 1.85. The predicted octanol–water partition coefficient (Wildman–Crippen LogP) is 1.72. The minimum atomic E-state index is 0.708. The first-order valence-electron chi connectivity index (χ1n) is 4.98. The second-order valence-electron chi connectivity index (χ2n) is 2.99. The Kier molecular flexibility index (Phi) is 4.86. The SMILES string of the molecule is CCOc1cccc(NCCNC)c1. The molecule has 0 heterocycles. The van der Waals surface area contributed by atoms with Crippen LogP contribution in [0, 0.1) is 0 Å². The van der Waals surface area contributed by atoms with Gasteiger partial charge in [-0.15, -0.1) is 0 Å². The first kappa shape index (κ1) is 10.9. The number of hydrogen-bond acceptors (Lipinski definition) is 3. The van der Waals surface area contributed by atoms with E-state index in [9.17, 15) is 0 Å². The Labute approximate surface area is 85.5 Å². The Bertz CT molecular complexity index is 263. The number of ether oxygens (including phenoxy) is 1. The van der Waals surface area contributed by atoms with Crippen LogP contribution in [-0.4, -0.2) is 26.7 Å². The number of nitrogens with one attached hydrogen (secondary N) is 2. The van der Waals surface area contributed by atoms with Crippen LogP contribution < -0.4 is 15.4 Å². The summed E-state index contributed by atoms with van der Waals surface area (Å²) in [6.07, 6.45) is 0. The van der Waals surface area contributed by atoms with Gasteiger partial charge in [-0.05, 0) is 26.1 Å². The molecule has 3 nitrogen and oxygen atoms in total. The van der Waals surface area contributed by atoms with Crippen LogP contribution in [-0.2, 0) is 0 Å². The molecule has 3 heteroatoms. The summed E-state index contributed by atoms with van der Waals surface area (Å²) in [5, 5.41) is 6.39. The van der Waals surface area contributed by atoms with Crippen LogP contribution in [0.15, 0.2) is 24.3 Å². The smallest absolute Gasteiger partial charge is 0.121 e. The highest BCUT2D eigenvalue weighted by molar-refractivity contribution is 5.48. The summed E-state index contributed by atoms with van der Waals surface area (Å²) in [5.41, 5.74) is 1.10. The molecule has 0 amide bonds. The largest absolute Gasteiger partial charge is 0.494 e. The van der Waals surface area contributed by atoms with Crippen molar-refractivity contribution in [2.75, 3.05) is 32.1 Å². The van der Waals surface area contributed by atoms with Crippen LogP contribution in [0.25, 0.3) is 0 Å². The summed E-state index contributed by atoms with van der Waals surface area (Å²) in [4.78, 5) is 0. The molecule has 1 rings (SSSR count). The van der Waals surface area contributed by atoms with Crippen LogP contribution in [0.4, 0.5) is 5.69 Å². The van der Waals surface area contributed by atoms with Crippen LogP contribution in [0.1, 0.15) is 6.92 Å². The van der Waals surface area contributed by atoms with Crippen molar-refractivity contribution < 1.29 is 4.74 Å². The van der Waals surface area contributed by atoms with E-state index < -0.39 is 0 Å². The quantitative estimate of drug-likeness (QED) is 0.676. The minimum Gasteiger partial charge on any atom is -0.494 e. The maximum Gasteiger partial charge on any atom is 0.121 e. The topological polar surface area (TPSA) is 33.3 Å². The average molecular weight is 194 g/mol. The maximum absolute atomic E-state index is 5.40. The van der Waals surface area contributed by atoms with E-state index in [0.29, 0.717) is 6.61 Å².